The van der Waals surface area contributed by atoms with Crippen molar-refractivity contribution in [1.82, 2.24) is 0 Å². The van der Waals surface area contributed by atoms with Gasteiger partial charge in [0.2, 0.25) is 0 Å². The van der Waals surface area contributed by atoms with E-state index in [-0.39, 0.29) is 6.04 Å². The Kier molecular flexibility index (Phi) is 3.58. The Morgan fingerprint density at radius 3 is 2.95 bits per heavy atom. The van der Waals surface area contributed by atoms with Crippen LogP contribution in [0.15, 0.2) is 36.4 Å². The molecule has 2 nitrogen and oxygen atoms in total. The van der Waals surface area contributed by atoms with Crippen molar-refractivity contribution in [2.75, 3.05) is 6.61 Å². The molecule has 2 aromatic rings. The Balaban J connectivity index is 1.90. The second kappa shape index (κ2) is 5.35. The molecule has 0 spiro atoms. The maximum absolute atomic E-state index is 6.51. The molecule has 2 atom stereocenters. The van der Waals surface area contributed by atoms with Gasteiger partial charge in [0.15, 0.2) is 0 Å². The molecule has 3 rings (SSSR count). The van der Waals surface area contributed by atoms with Gasteiger partial charge in [0.1, 0.15) is 5.75 Å². The summed E-state index contributed by atoms with van der Waals surface area (Å²) in [5.41, 5.74) is 7.76. The highest BCUT2D eigenvalue weighted by atomic mass is 32.1. The quantitative estimate of drug-likeness (QED) is 0.921. The van der Waals surface area contributed by atoms with E-state index in [0.29, 0.717) is 5.92 Å². The van der Waals surface area contributed by atoms with E-state index in [1.807, 2.05) is 23.5 Å². The predicted octanol–water partition coefficient (Wildman–Crippen LogP) is 3.88. The molecule has 19 heavy (non-hydrogen) atoms. The molecule has 0 saturated heterocycles. The molecule has 0 bridgehead atoms. The zero-order chi connectivity index (χ0) is 13.2. The smallest absolute Gasteiger partial charge is 0.122 e. The Morgan fingerprint density at radius 2 is 2.16 bits per heavy atom. The number of thiophene rings is 1. The van der Waals surface area contributed by atoms with Crippen molar-refractivity contribution in [3.8, 4) is 5.75 Å². The summed E-state index contributed by atoms with van der Waals surface area (Å²) in [5, 5.41) is 0. The van der Waals surface area contributed by atoms with Crippen LogP contribution in [0.2, 0.25) is 0 Å². The average molecular weight is 273 g/mol. The average Bonchev–Trinajstić information content (AvgIpc) is 2.95. The Hall–Kier alpha value is -1.32. The second-order valence-electron chi connectivity index (χ2n) is 4.96. The van der Waals surface area contributed by atoms with Gasteiger partial charge in [-0.1, -0.05) is 25.1 Å². The largest absolute Gasteiger partial charge is 0.493 e. The molecule has 0 fully saturated rings. The van der Waals surface area contributed by atoms with E-state index in [0.717, 1.165) is 25.2 Å². The van der Waals surface area contributed by atoms with Crippen molar-refractivity contribution in [2.24, 2.45) is 5.73 Å². The standard InChI is InChI=1S/C16H19NOS/c1-2-11-7-8-15(19-11)16(17)13-9-10-18-14-6-4-3-5-12(13)14/h3-8,13,16H,2,9-10,17H2,1H3. The molecule has 1 aromatic carbocycles. The van der Waals surface area contributed by atoms with Crippen LogP contribution in [-0.2, 0) is 6.42 Å². The first kappa shape index (κ1) is 12.7. The maximum Gasteiger partial charge on any atom is 0.122 e. The van der Waals surface area contributed by atoms with E-state index in [2.05, 4.69) is 31.2 Å². The molecule has 0 amide bonds. The van der Waals surface area contributed by atoms with E-state index in [9.17, 15) is 0 Å². The highest BCUT2D eigenvalue weighted by Crippen LogP contribution is 2.41. The molecule has 1 aliphatic rings. The summed E-state index contributed by atoms with van der Waals surface area (Å²) in [6.45, 7) is 2.95. The monoisotopic (exact) mass is 273 g/mol. The van der Waals surface area contributed by atoms with Crippen LogP contribution in [-0.4, -0.2) is 6.61 Å². The fourth-order valence-electron chi connectivity index (χ4n) is 2.70. The number of ether oxygens (including phenoxy) is 1. The molecule has 3 heteroatoms. The summed E-state index contributed by atoms with van der Waals surface area (Å²) in [6.07, 6.45) is 2.08. The molecule has 0 saturated carbocycles. The lowest BCUT2D eigenvalue weighted by atomic mass is 9.86. The van der Waals surface area contributed by atoms with Crippen LogP contribution in [0.25, 0.3) is 0 Å². The first-order valence-electron chi connectivity index (χ1n) is 6.85. The fourth-order valence-corrected chi connectivity index (χ4v) is 3.72. The van der Waals surface area contributed by atoms with Crippen molar-refractivity contribution in [3.05, 3.63) is 51.7 Å². The van der Waals surface area contributed by atoms with Crippen molar-refractivity contribution in [1.29, 1.82) is 0 Å². The van der Waals surface area contributed by atoms with Gasteiger partial charge in [0.05, 0.1) is 6.61 Å². The van der Waals surface area contributed by atoms with Crippen LogP contribution >= 0.6 is 11.3 Å². The van der Waals surface area contributed by atoms with Gasteiger partial charge in [-0.25, -0.2) is 0 Å². The van der Waals surface area contributed by atoms with Gasteiger partial charge in [-0.15, -0.1) is 11.3 Å². The molecular formula is C16H19NOS. The third-order valence-electron chi connectivity index (χ3n) is 3.80. The minimum absolute atomic E-state index is 0.0790. The van der Waals surface area contributed by atoms with Gasteiger partial charge in [-0.2, -0.15) is 0 Å². The molecule has 2 N–H and O–H groups in total. The van der Waals surface area contributed by atoms with Crippen LogP contribution < -0.4 is 10.5 Å². The summed E-state index contributed by atoms with van der Waals surface area (Å²) in [5.74, 6) is 1.37. The van der Waals surface area contributed by atoms with Crippen LogP contribution in [0.4, 0.5) is 0 Å². The van der Waals surface area contributed by atoms with Gasteiger partial charge in [0, 0.05) is 21.7 Å². The molecule has 1 aliphatic heterocycles. The molecule has 0 aliphatic carbocycles. The van der Waals surface area contributed by atoms with E-state index in [1.165, 1.54) is 15.3 Å². The summed E-state index contributed by atoms with van der Waals surface area (Å²) >= 11 is 1.84. The summed E-state index contributed by atoms with van der Waals surface area (Å²) < 4.78 is 5.71. The predicted molar refractivity (Wildman–Crippen MR) is 79.9 cm³/mol. The van der Waals surface area contributed by atoms with Crippen molar-refractivity contribution < 1.29 is 4.74 Å². The number of hydrogen-bond acceptors (Lipinski definition) is 3. The minimum Gasteiger partial charge on any atom is -0.493 e. The van der Waals surface area contributed by atoms with Gasteiger partial charge < -0.3 is 10.5 Å². The van der Waals surface area contributed by atoms with Crippen LogP contribution in [0, 0.1) is 0 Å². The topological polar surface area (TPSA) is 35.2 Å². The fraction of sp³-hybridized carbons (Fsp3) is 0.375. The minimum atomic E-state index is 0.0790. The zero-order valence-electron chi connectivity index (χ0n) is 11.1. The highest BCUT2D eigenvalue weighted by Gasteiger charge is 2.28. The van der Waals surface area contributed by atoms with Gasteiger partial charge >= 0.3 is 0 Å². The van der Waals surface area contributed by atoms with Gasteiger partial charge in [0.25, 0.3) is 0 Å². The normalized spacial score (nSPS) is 19.6. The van der Waals surface area contributed by atoms with E-state index in [4.69, 9.17) is 10.5 Å². The molecular weight excluding hydrogens is 254 g/mol. The summed E-state index contributed by atoms with van der Waals surface area (Å²) in [4.78, 5) is 2.70. The molecule has 1 aromatic heterocycles. The number of aryl methyl sites for hydroxylation is 1. The van der Waals surface area contributed by atoms with Crippen LogP contribution in [0.1, 0.15) is 40.6 Å². The third kappa shape index (κ3) is 2.40. The lowest BCUT2D eigenvalue weighted by molar-refractivity contribution is 0.256. The van der Waals surface area contributed by atoms with E-state index < -0.39 is 0 Å². The third-order valence-corrected chi connectivity index (χ3v) is 5.13. The van der Waals surface area contributed by atoms with E-state index >= 15 is 0 Å². The van der Waals surface area contributed by atoms with E-state index in [1.54, 1.807) is 0 Å². The van der Waals surface area contributed by atoms with Crippen LogP contribution in [0.3, 0.4) is 0 Å². The number of fused-ring (bicyclic) bond motifs is 1. The van der Waals surface area contributed by atoms with Crippen LogP contribution in [0.5, 0.6) is 5.75 Å². The maximum atomic E-state index is 6.51. The second-order valence-corrected chi connectivity index (χ2v) is 6.16. The first-order chi connectivity index (χ1) is 9.29. The summed E-state index contributed by atoms with van der Waals surface area (Å²) in [7, 11) is 0. The molecule has 100 valence electrons. The SMILES string of the molecule is CCc1ccc(C(N)C2CCOc3ccccc32)s1. The zero-order valence-corrected chi connectivity index (χ0v) is 12.0. The van der Waals surface area contributed by atoms with Crippen molar-refractivity contribution >= 4 is 11.3 Å². The molecule has 2 unspecified atom stereocenters. The van der Waals surface area contributed by atoms with Gasteiger partial charge in [-0.3, -0.25) is 0 Å². The van der Waals surface area contributed by atoms with Gasteiger partial charge in [-0.05, 0) is 36.6 Å². The first-order valence-corrected chi connectivity index (χ1v) is 7.67. The Morgan fingerprint density at radius 1 is 1.32 bits per heavy atom. The molecule has 2 heterocycles. The Bertz CT molecular complexity index is 563. The number of hydrogen-bond donors (Lipinski definition) is 1. The summed E-state index contributed by atoms with van der Waals surface area (Å²) in [6, 6.07) is 12.7. The van der Waals surface area contributed by atoms with Crippen molar-refractivity contribution in [3.63, 3.8) is 0 Å². The highest BCUT2D eigenvalue weighted by molar-refractivity contribution is 7.12. The lowest BCUT2D eigenvalue weighted by Crippen LogP contribution is -2.24. The van der Waals surface area contributed by atoms with Crippen molar-refractivity contribution in [2.45, 2.75) is 31.7 Å². The number of rotatable bonds is 3. The molecule has 0 radical (unpaired) electrons. The number of benzene rings is 1. The number of para-hydroxylation sites is 1. The number of nitrogens with two attached hydrogens (primary N) is 1. The Labute approximate surface area is 118 Å². The lowest BCUT2D eigenvalue weighted by Gasteiger charge is -2.29.